The summed E-state index contributed by atoms with van der Waals surface area (Å²) < 4.78 is 2.15. The minimum atomic E-state index is 0.214. The van der Waals surface area contributed by atoms with Crippen LogP contribution in [0.3, 0.4) is 0 Å². The van der Waals surface area contributed by atoms with Crippen LogP contribution in [-0.4, -0.2) is 19.7 Å². The van der Waals surface area contributed by atoms with Gasteiger partial charge in [-0.05, 0) is 24.1 Å². The number of H-pyrrole nitrogens is 1. The van der Waals surface area contributed by atoms with E-state index in [0.717, 1.165) is 17.8 Å². The van der Waals surface area contributed by atoms with Crippen molar-refractivity contribution in [1.82, 2.24) is 19.7 Å². The van der Waals surface area contributed by atoms with E-state index in [-0.39, 0.29) is 6.04 Å². The molecule has 4 aromatic rings. The number of hydrogen-bond acceptors (Lipinski definition) is 2. The van der Waals surface area contributed by atoms with Gasteiger partial charge in [-0.2, -0.15) is 0 Å². The first kappa shape index (κ1) is 13.8. The Morgan fingerprint density at radius 2 is 1.83 bits per heavy atom. The Kier molecular flexibility index (Phi) is 3.42. The Balaban J connectivity index is 1.68. The third kappa shape index (κ3) is 2.52. The number of benzene rings is 2. The normalized spacial score (nSPS) is 12.6. The highest BCUT2D eigenvalue weighted by Gasteiger charge is 2.14. The number of para-hydroxylation sites is 1. The molecule has 0 aliphatic heterocycles. The zero-order chi connectivity index (χ0) is 15.6. The fraction of sp³-hybridized carbons (Fsp3) is 0.158. The summed E-state index contributed by atoms with van der Waals surface area (Å²) in [5.74, 6) is 0.978. The molecule has 2 heterocycles. The molecule has 23 heavy (non-hydrogen) atoms. The van der Waals surface area contributed by atoms with E-state index in [1.807, 2.05) is 18.5 Å². The minimum Gasteiger partial charge on any atom is -0.361 e. The Morgan fingerprint density at radius 1 is 1.04 bits per heavy atom. The maximum atomic E-state index is 4.34. The van der Waals surface area contributed by atoms with E-state index < -0.39 is 0 Å². The summed E-state index contributed by atoms with van der Waals surface area (Å²) in [6.45, 7) is 2.18. The standard InChI is InChI=1S/C19H18N4/c1-14(15-7-3-2-4-8-15)23-13-21-22-19(23)11-16-12-20-18-10-6-5-9-17(16)18/h2-10,12-14,20H,11H2,1H3/t14-/m0/s1. The van der Waals surface area contributed by atoms with E-state index in [0.29, 0.717) is 0 Å². The van der Waals surface area contributed by atoms with Gasteiger partial charge in [-0.25, -0.2) is 0 Å². The highest BCUT2D eigenvalue weighted by atomic mass is 15.3. The Labute approximate surface area is 134 Å². The average molecular weight is 302 g/mol. The van der Waals surface area contributed by atoms with Crippen LogP contribution in [0.1, 0.15) is 29.9 Å². The molecule has 1 atom stereocenters. The summed E-state index contributed by atoms with van der Waals surface area (Å²) in [6, 6.07) is 19.0. The molecule has 0 unspecified atom stereocenters. The fourth-order valence-corrected chi connectivity index (χ4v) is 3.06. The van der Waals surface area contributed by atoms with Crippen molar-refractivity contribution in [2.24, 2.45) is 0 Å². The molecule has 0 fully saturated rings. The van der Waals surface area contributed by atoms with Crippen molar-refractivity contribution in [3.8, 4) is 0 Å². The zero-order valence-corrected chi connectivity index (χ0v) is 13.0. The smallest absolute Gasteiger partial charge is 0.137 e. The topological polar surface area (TPSA) is 46.5 Å². The largest absolute Gasteiger partial charge is 0.361 e. The van der Waals surface area contributed by atoms with E-state index in [9.17, 15) is 0 Å². The molecule has 114 valence electrons. The summed E-state index contributed by atoms with van der Waals surface area (Å²) >= 11 is 0. The van der Waals surface area contributed by atoms with Crippen molar-refractivity contribution in [2.75, 3.05) is 0 Å². The summed E-state index contributed by atoms with van der Waals surface area (Å²) in [5, 5.41) is 9.72. The Morgan fingerprint density at radius 3 is 2.70 bits per heavy atom. The number of fused-ring (bicyclic) bond motifs is 1. The van der Waals surface area contributed by atoms with E-state index in [2.05, 4.69) is 75.3 Å². The molecule has 4 nitrogen and oxygen atoms in total. The highest BCUT2D eigenvalue weighted by Crippen LogP contribution is 2.23. The summed E-state index contributed by atoms with van der Waals surface area (Å²) in [5.41, 5.74) is 3.66. The predicted octanol–water partition coefficient (Wildman–Crippen LogP) is 3.96. The number of nitrogens with zero attached hydrogens (tertiary/aromatic N) is 3. The van der Waals surface area contributed by atoms with Gasteiger partial charge in [0.25, 0.3) is 0 Å². The van der Waals surface area contributed by atoms with Gasteiger partial charge in [0.15, 0.2) is 0 Å². The van der Waals surface area contributed by atoms with E-state index in [4.69, 9.17) is 0 Å². The molecule has 1 N–H and O–H groups in total. The van der Waals surface area contributed by atoms with Crippen molar-refractivity contribution in [2.45, 2.75) is 19.4 Å². The molecule has 4 rings (SSSR count). The zero-order valence-electron chi connectivity index (χ0n) is 13.0. The SMILES string of the molecule is C[C@@H](c1ccccc1)n1cnnc1Cc1c[nH]c2ccccc12. The number of aromatic nitrogens is 4. The summed E-state index contributed by atoms with van der Waals surface area (Å²) in [4.78, 5) is 3.32. The molecule has 2 aromatic carbocycles. The van der Waals surface area contributed by atoms with Gasteiger partial charge in [-0.3, -0.25) is 0 Å². The quantitative estimate of drug-likeness (QED) is 0.620. The second-order valence-electron chi connectivity index (χ2n) is 5.78. The third-order valence-corrected chi connectivity index (χ3v) is 4.37. The van der Waals surface area contributed by atoms with E-state index in [1.54, 1.807) is 0 Å². The lowest BCUT2D eigenvalue weighted by Gasteiger charge is -2.15. The predicted molar refractivity (Wildman–Crippen MR) is 91.4 cm³/mol. The van der Waals surface area contributed by atoms with Crippen LogP contribution < -0.4 is 0 Å². The Hall–Kier alpha value is -2.88. The molecule has 0 spiro atoms. The molecule has 0 bridgehead atoms. The first-order valence-corrected chi connectivity index (χ1v) is 7.81. The van der Waals surface area contributed by atoms with Gasteiger partial charge in [-0.1, -0.05) is 48.5 Å². The van der Waals surface area contributed by atoms with Gasteiger partial charge in [0, 0.05) is 23.5 Å². The van der Waals surface area contributed by atoms with Crippen LogP contribution in [0.5, 0.6) is 0 Å². The van der Waals surface area contributed by atoms with Gasteiger partial charge >= 0.3 is 0 Å². The number of hydrogen-bond donors (Lipinski definition) is 1. The lowest BCUT2D eigenvalue weighted by Crippen LogP contribution is -2.10. The van der Waals surface area contributed by atoms with Gasteiger partial charge in [0.1, 0.15) is 12.2 Å². The van der Waals surface area contributed by atoms with Gasteiger partial charge < -0.3 is 9.55 Å². The van der Waals surface area contributed by atoms with Gasteiger partial charge in [0.05, 0.1) is 6.04 Å². The first-order valence-electron chi connectivity index (χ1n) is 7.81. The van der Waals surface area contributed by atoms with Crippen LogP contribution in [0.4, 0.5) is 0 Å². The van der Waals surface area contributed by atoms with Crippen LogP contribution in [0.2, 0.25) is 0 Å². The molecular formula is C19H18N4. The summed E-state index contributed by atoms with van der Waals surface area (Å²) in [7, 11) is 0. The second kappa shape index (κ2) is 5.72. The van der Waals surface area contributed by atoms with Crippen LogP contribution >= 0.6 is 0 Å². The third-order valence-electron chi connectivity index (χ3n) is 4.37. The minimum absolute atomic E-state index is 0.214. The second-order valence-corrected chi connectivity index (χ2v) is 5.78. The molecule has 0 saturated heterocycles. The molecule has 2 aromatic heterocycles. The van der Waals surface area contributed by atoms with E-state index in [1.165, 1.54) is 16.5 Å². The lowest BCUT2D eigenvalue weighted by atomic mass is 10.1. The number of rotatable bonds is 4. The molecular weight excluding hydrogens is 284 g/mol. The molecule has 0 aliphatic rings. The maximum absolute atomic E-state index is 4.34. The van der Waals surface area contributed by atoms with Crippen LogP contribution in [0, 0.1) is 0 Å². The molecule has 4 heteroatoms. The molecule has 0 aliphatic carbocycles. The Bertz CT molecular complexity index is 921. The fourth-order valence-electron chi connectivity index (χ4n) is 3.06. The van der Waals surface area contributed by atoms with Crippen LogP contribution in [-0.2, 0) is 6.42 Å². The van der Waals surface area contributed by atoms with Crippen LogP contribution in [0.25, 0.3) is 10.9 Å². The van der Waals surface area contributed by atoms with Crippen molar-refractivity contribution in [3.05, 3.63) is 84.1 Å². The number of aromatic amines is 1. The van der Waals surface area contributed by atoms with Crippen molar-refractivity contribution in [3.63, 3.8) is 0 Å². The van der Waals surface area contributed by atoms with Gasteiger partial charge in [-0.15, -0.1) is 10.2 Å². The molecule has 0 saturated carbocycles. The molecule has 0 radical (unpaired) electrons. The monoisotopic (exact) mass is 302 g/mol. The van der Waals surface area contributed by atoms with Crippen molar-refractivity contribution >= 4 is 10.9 Å². The summed E-state index contributed by atoms with van der Waals surface area (Å²) in [6.07, 6.45) is 4.65. The van der Waals surface area contributed by atoms with Gasteiger partial charge in [0.2, 0.25) is 0 Å². The van der Waals surface area contributed by atoms with Crippen LogP contribution in [0.15, 0.2) is 67.1 Å². The first-order chi connectivity index (χ1) is 11.3. The number of nitrogens with one attached hydrogen (secondary N) is 1. The maximum Gasteiger partial charge on any atom is 0.137 e. The molecule has 0 amide bonds. The van der Waals surface area contributed by atoms with E-state index >= 15 is 0 Å². The van der Waals surface area contributed by atoms with Crippen molar-refractivity contribution in [1.29, 1.82) is 0 Å². The van der Waals surface area contributed by atoms with Crippen molar-refractivity contribution < 1.29 is 0 Å². The average Bonchev–Trinajstić information content (AvgIpc) is 3.23. The lowest BCUT2D eigenvalue weighted by molar-refractivity contribution is 0.609. The highest BCUT2D eigenvalue weighted by molar-refractivity contribution is 5.83.